The standard InChI is InChI=1S/C14H17N3O3/c1-17-10(7-8-16-17)9-15-14(18)13-11(19-2)5-4-6-12(13)20-3/h4-8H,9H2,1-3H3,(H,15,18). The van der Waals surface area contributed by atoms with E-state index in [0.717, 1.165) is 5.69 Å². The molecule has 1 heterocycles. The number of nitrogens with one attached hydrogen (secondary N) is 1. The SMILES string of the molecule is COc1cccc(OC)c1C(=O)NCc1ccnn1C. The second kappa shape index (κ2) is 6.10. The summed E-state index contributed by atoms with van der Waals surface area (Å²) in [5.41, 5.74) is 1.30. The van der Waals surface area contributed by atoms with Crippen molar-refractivity contribution in [3.05, 3.63) is 41.7 Å². The van der Waals surface area contributed by atoms with Crippen LogP contribution >= 0.6 is 0 Å². The van der Waals surface area contributed by atoms with E-state index in [4.69, 9.17) is 9.47 Å². The molecule has 0 aliphatic rings. The van der Waals surface area contributed by atoms with Crippen LogP contribution in [0, 0.1) is 0 Å². The van der Waals surface area contributed by atoms with Crippen LogP contribution in [0.4, 0.5) is 0 Å². The number of benzene rings is 1. The van der Waals surface area contributed by atoms with Crippen LogP contribution in [-0.4, -0.2) is 29.9 Å². The van der Waals surface area contributed by atoms with Gasteiger partial charge in [0.1, 0.15) is 17.1 Å². The first-order valence-electron chi connectivity index (χ1n) is 6.13. The number of methoxy groups -OCH3 is 2. The van der Waals surface area contributed by atoms with Crippen molar-refractivity contribution in [2.75, 3.05) is 14.2 Å². The minimum absolute atomic E-state index is 0.250. The van der Waals surface area contributed by atoms with Gasteiger partial charge in [-0.25, -0.2) is 0 Å². The minimum atomic E-state index is -0.250. The third-order valence-electron chi connectivity index (χ3n) is 3.01. The number of ether oxygens (including phenoxy) is 2. The molecule has 20 heavy (non-hydrogen) atoms. The summed E-state index contributed by atoms with van der Waals surface area (Å²) >= 11 is 0. The molecule has 0 aliphatic carbocycles. The molecule has 2 rings (SSSR count). The zero-order chi connectivity index (χ0) is 14.5. The van der Waals surface area contributed by atoms with E-state index in [-0.39, 0.29) is 5.91 Å². The molecule has 0 saturated heterocycles. The number of aryl methyl sites for hydroxylation is 1. The summed E-state index contributed by atoms with van der Waals surface area (Å²) < 4.78 is 12.1. The molecule has 0 aliphatic heterocycles. The molecule has 2 aromatic rings. The topological polar surface area (TPSA) is 65.4 Å². The molecule has 106 valence electrons. The van der Waals surface area contributed by atoms with Gasteiger partial charge in [0.2, 0.25) is 0 Å². The fourth-order valence-electron chi connectivity index (χ4n) is 1.91. The van der Waals surface area contributed by atoms with Gasteiger partial charge in [-0.2, -0.15) is 5.10 Å². The molecule has 6 nitrogen and oxygen atoms in total. The molecular weight excluding hydrogens is 258 g/mol. The van der Waals surface area contributed by atoms with Crippen molar-refractivity contribution in [2.24, 2.45) is 7.05 Å². The monoisotopic (exact) mass is 275 g/mol. The second-order valence-electron chi connectivity index (χ2n) is 4.17. The Hall–Kier alpha value is -2.50. The lowest BCUT2D eigenvalue weighted by Gasteiger charge is -2.13. The largest absolute Gasteiger partial charge is 0.496 e. The lowest BCUT2D eigenvalue weighted by molar-refractivity contribution is 0.0944. The maximum Gasteiger partial charge on any atom is 0.259 e. The average molecular weight is 275 g/mol. The van der Waals surface area contributed by atoms with Crippen LogP contribution in [0.1, 0.15) is 16.1 Å². The van der Waals surface area contributed by atoms with Crippen LogP contribution in [0.15, 0.2) is 30.5 Å². The van der Waals surface area contributed by atoms with E-state index in [1.54, 1.807) is 29.1 Å². The predicted octanol–water partition coefficient (Wildman–Crippen LogP) is 1.37. The molecule has 0 radical (unpaired) electrons. The van der Waals surface area contributed by atoms with Crippen molar-refractivity contribution in [1.29, 1.82) is 0 Å². The highest BCUT2D eigenvalue weighted by atomic mass is 16.5. The molecular formula is C14H17N3O3. The molecule has 0 bridgehead atoms. The van der Waals surface area contributed by atoms with E-state index < -0.39 is 0 Å². The average Bonchev–Trinajstić information content (AvgIpc) is 2.89. The highest BCUT2D eigenvalue weighted by molar-refractivity contribution is 5.99. The first-order chi connectivity index (χ1) is 9.67. The zero-order valence-corrected chi connectivity index (χ0v) is 11.7. The normalized spacial score (nSPS) is 10.2. The number of carbonyl (C=O) groups excluding carboxylic acids is 1. The molecule has 0 unspecified atom stereocenters. The Bertz CT molecular complexity index is 585. The quantitative estimate of drug-likeness (QED) is 0.895. The van der Waals surface area contributed by atoms with Crippen molar-refractivity contribution in [3.63, 3.8) is 0 Å². The van der Waals surface area contributed by atoms with Gasteiger partial charge in [0.05, 0.1) is 26.5 Å². The van der Waals surface area contributed by atoms with Gasteiger partial charge in [0.15, 0.2) is 0 Å². The van der Waals surface area contributed by atoms with E-state index >= 15 is 0 Å². The van der Waals surface area contributed by atoms with Crippen LogP contribution in [0.5, 0.6) is 11.5 Å². The number of nitrogens with zero attached hydrogens (tertiary/aromatic N) is 2. The smallest absolute Gasteiger partial charge is 0.259 e. The molecule has 0 spiro atoms. The van der Waals surface area contributed by atoms with Crippen molar-refractivity contribution >= 4 is 5.91 Å². The van der Waals surface area contributed by atoms with E-state index in [1.807, 2.05) is 13.1 Å². The molecule has 1 amide bonds. The molecule has 1 aromatic carbocycles. The Morgan fingerprint density at radius 2 is 1.90 bits per heavy atom. The van der Waals surface area contributed by atoms with Crippen LogP contribution < -0.4 is 14.8 Å². The summed E-state index contributed by atoms with van der Waals surface area (Å²) in [6.45, 7) is 0.385. The maximum atomic E-state index is 12.3. The number of carbonyl (C=O) groups is 1. The number of rotatable bonds is 5. The second-order valence-corrected chi connectivity index (χ2v) is 4.17. The number of hydrogen-bond acceptors (Lipinski definition) is 4. The highest BCUT2D eigenvalue weighted by Crippen LogP contribution is 2.27. The summed E-state index contributed by atoms with van der Waals surface area (Å²) in [5, 5.41) is 6.88. The highest BCUT2D eigenvalue weighted by Gasteiger charge is 2.18. The fourth-order valence-corrected chi connectivity index (χ4v) is 1.91. The summed E-state index contributed by atoms with van der Waals surface area (Å²) in [6.07, 6.45) is 1.69. The molecule has 1 aromatic heterocycles. The van der Waals surface area contributed by atoms with Crippen molar-refractivity contribution in [1.82, 2.24) is 15.1 Å². The Kier molecular flexibility index (Phi) is 4.24. The van der Waals surface area contributed by atoms with Gasteiger partial charge in [-0.05, 0) is 18.2 Å². The van der Waals surface area contributed by atoms with Gasteiger partial charge in [0, 0.05) is 13.2 Å². The lowest BCUT2D eigenvalue weighted by atomic mass is 10.1. The van der Waals surface area contributed by atoms with Crippen molar-refractivity contribution < 1.29 is 14.3 Å². The third kappa shape index (κ3) is 2.74. The fraction of sp³-hybridized carbons (Fsp3) is 0.286. The van der Waals surface area contributed by atoms with Gasteiger partial charge in [-0.1, -0.05) is 6.07 Å². The molecule has 6 heteroatoms. The summed E-state index contributed by atoms with van der Waals surface area (Å²) in [4.78, 5) is 12.3. The van der Waals surface area contributed by atoms with E-state index in [0.29, 0.717) is 23.6 Å². The lowest BCUT2D eigenvalue weighted by Crippen LogP contribution is -2.25. The van der Waals surface area contributed by atoms with Crippen molar-refractivity contribution in [2.45, 2.75) is 6.54 Å². The summed E-state index contributed by atoms with van der Waals surface area (Å²) in [7, 11) is 4.87. The Morgan fingerprint density at radius 1 is 1.25 bits per heavy atom. The third-order valence-corrected chi connectivity index (χ3v) is 3.01. The Balaban J connectivity index is 2.18. The predicted molar refractivity (Wildman–Crippen MR) is 73.9 cm³/mol. The number of amides is 1. The van der Waals surface area contributed by atoms with Crippen LogP contribution in [0.25, 0.3) is 0 Å². The zero-order valence-electron chi connectivity index (χ0n) is 11.7. The number of hydrogen-bond donors (Lipinski definition) is 1. The Morgan fingerprint density at radius 3 is 2.40 bits per heavy atom. The molecule has 0 atom stereocenters. The first-order valence-corrected chi connectivity index (χ1v) is 6.13. The maximum absolute atomic E-state index is 12.3. The van der Waals surface area contributed by atoms with Gasteiger partial charge < -0.3 is 14.8 Å². The summed E-state index contributed by atoms with van der Waals surface area (Å²) in [5.74, 6) is 0.708. The van der Waals surface area contributed by atoms with Gasteiger partial charge in [-0.15, -0.1) is 0 Å². The first kappa shape index (κ1) is 13.9. The molecule has 0 fully saturated rings. The molecule has 1 N–H and O–H groups in total. The Labute approximate surface area is 117 Å². The van der Waals surface area contributed by atoms with E-state index in [9.17, 15) is 4.79 Å². The van der Waals surface area contributed by atoms with Gasteiger partial charge in [0.25, 0.3) is 5.91 Å². The van der Waals surface area contributed by atoms with E-state index in [1.165, 1.54) is 14.2 Å². The molecule has 0 saturated carbocycles. The van der Waals surface area contributed by atoms with Crippen molar-refractivity contribution in [3.8, 4) is 11.5 Å². The van der Waals surface area contributed by atoms with Gasteiger partial charge in [-0.3, -0.25) is 9.48 Å². The van der Waals surface area contributed by atoms with Gasteiger partial charge >= 0.3 is 0 Å². The van der Waals surface area contributed by atoms with E-state index in [2.05, 4.69) is 10.4 Å². The van der Waals surface area contributed by atoms with Crippen LogP contribution in [0.3, 0.4) is 0 Å². The summed E-state index contributed by atoms with van der Waals surface area (Å²) in [6, 6.07) is 7.07. The number of aromatic nitrogens is 2. The minimum Gasteiger partial charge on any atom is -0.496 e. The van der Waals surface area contributed by atoms with Crippen LogP contribution in [0.2, 0.25) is 0 Å². The van der Waals surface area contributed by atoms with Crippen LogP contribution in [-0.2, 0) is 13.6 Å².